The van der Waals surface area contributed by atoms with Gasteiger partial charge in [-0.25, -0.2) is 9.59 Å². The molecular weight excluding hydrogens is 222 g/mol. The van der Waals surface area contributed by atoms with Gasteiger partial charge in [0.1, 0.15) is 6.04 Å². The predicted octanol–water partition coefficient (Wildman–Crippen LogP) is 1.37. The Balaban J connectivity index is 2.58. The summed E-state index contributed by atoms with van der Waals surface area (Å²) in [5.74, 6) is -1.05. The largest absolute Gasteiger partial charge is 0.480 e. The van der Waals surface area contributed by atoms with Gasteiger partial charge in [0, 0.05) is 6.20 Å². The van der Waals surface area contributed by atoms with Gasteiger partial charge < -0.3 is 15.7 Å². The number of urea groups is 1. The molecule has 0 fully saturated rings. The first-order valence-electron chi connectivity index (χ1n) is 5.25. The smallest absolute Gasteiger partial charge is 0.326 e. The highest BCUT2D eigenvalue weighted by molar-refractivity contribution is 5.92. The van der Waals surface area contributed by atoms with Crippen molar-refractivity contribution in [1.29, 1.82) is 0 Å². The summed E-state index contributed by atoms with van der Waals surface area (Å²) >= 11 is 0. The first-order chi connectivity index (χ1) is 8.02. The molecule has 0 saturated heterocycles. The number of carboxylic acids is 1. The van der Waals surface area contributed by atoms with Gasteiger partial charge >= 0.3 is 12.0 Å². The van der Waals surface area contributed by atoms with Crippen molar-refractivity contribution in [3.05, 3.63) is 24.0 Å². The zero-order valence-electron chi connectivity index (χ0n) is 9.73. The van der Waals surface area contributed by atoms with Gasteiger partial charge in [-0.1, -0.05) is 6.92 Å². The number of rotatable bonds is 4. The molecule has 3 N–H and O–H groups in total. The molecule has 0 bridgehead atoms. The lowest BCUT2D eigenvalue weighted by Gasteiger charge is -2.13. The molecule has 1 aromatic heterocycles. The van der Waals surface area contributed by atoms with Gasteiger partial charge in [0.15, 0.2) is 0 Å². The molecule has 2 amide bonds. The summed E-state index contributed by atoms with van der Waals surface area (Å²) in [5.41, 5.74) is 1.44. The fourth-order valence-corrected chi connectivity index (χ4v) is 1.29. The van der Waals surface area contributed by atoms with Crippen molar-refractivity contribution in [2.75, 3.05) is 5.32 Å². The van der Waals surface area contributed by atoms with Crippen LogP contribution in [0.3, 0.4) is 0 Å². The lowest BCUT2D eigenvalue weighted by Crippen LogP contribution is -2.42. The predicted molar refractivity (Wildman–Crippen MR) is 62.8 cm³/mol. The van der Waals surface area contributed by atoms with Crippen molar-refractivity contribution in [1.82, 2.24) is 10.3 Å². The number of carboxylic acid groups (broad SMARTS) is 1. The highest BCUT2D eigenvalue weighted by atomic mass is 16.4. The summed E-state index contributed by atoms with van der Waals surface area (Å²) in [6, 6.07) is 0.313. The van der Waals surface area contributed by atoms with E-state index in [-0.39, 0.29) is 0 Å². The molecule has 1 heterocycles. The van der Waals surface area contributed by atoms with Gasteiger partial charge in [0.2, 0.25) is 0 Å². The summed E-state index contributed by atoms with van der Waals surface area (Å²) < 4.78 is 0. The van der Waals surface area contributed by atoms with Crippen LogP contribution in [0.15, 0.2) is 18.5 Å². The molecule has 0 aliphatic carbocycles. The highest BCUT2D eigenvalue weighted by Crippen LogP contribution is 2.06. The third-order valence-electron chi connectivity index (χ3n) is 2.14. The molecule has 0 aliphatic rings. The normalized spacial score (nSPS) is 11.6. The van der Waals surface area contributed by atoms with Crippen LogP contribution < -0.4 is 10.6 Å². The van der Waals surface area contributed by atoms with Crippen LogP contribution in [0.2, 0.25) is 0 Å². The SMILES string of the molecule is CC[C@H](NC(=O)Nc1cncc(C)c1)C(=O)O. The molecule has 1 rings (SSSR count). The number of nitrogens with zero attached hydrogens (tertiary/aromatic N) is 1. The third-order valence-corrected chi connectivity index (χ3v) is 2.14. The van der Waals surface area contributed by atoms with E-state index in [2.05, 4.69) is 15.6 Å². The average molecular weight is 237 g/mol. The molecule has 0 saturated carbocycles. The van der Waals surface area contributed by atoms with Crippen LogP contribution in [0, 0.1) is 6.92 Å². The Labute approximate surface area is 99.1 Å². The number of aryl methyl sites for hydroxylation is 1. The second-order valence-corrected chi connectivity index (χ2v) is 3.65. The first kappa shape index (κ1) is 13.0. The van der Waals surface area contributed by atoms with E-state index in [9.17, 15) is 9.59 Å². The topological polar surface area (TPSA) is 91.3 Å². The van der Waals surface area contributed by atoms with Crippen molar-refractivity contribution in [2.45, 2.75) is 26.3 Å². The minimum atomic E-state index is -1.05. The van der Waals surface area contributed by atoms with E-state index in [1.165, 1.54) is 6.20 Å². The van der Waals surface area contributed by atoms with Crippen LogP contribution in [0.5, 0.6) is 0 Å². The van der Waals surface area contributed by atoms with Crippen molar-refractivity contribution in [2.24, 2.45) is 0 Å². The van der Waals surface area contributed by atoms with Gasteiger partial charge in [0.25, 0.3) is 0 Å². The Morgan fingerprint density at radius 1 is 1.47 bits per heavy atom. The molecule has 0 spiro atoms. The van der Waals surface area contributed by atoms with Crippen molar-refractivity contribution < 1.29 is 14.7 Å². The molecule has 17 heavy (non-hydrogen) atoms. The van der Waals surface area contributed by atoms with Gasteiger partial charge in [0.05, 0.1) is 11.9 Å². The molecule has 6 heteroatoms. The van der Waals surface area contributed by atoms with Crippen molar-refractivity contribution in [3.63, 3.8) is 0 Å². The second kappa shape index (κ2) is 5.83. The minimum Gasteiger partial charge on any atom is -0.480 e. The van der Waals surface area contributed by atoms with Crippen LogP contribution in [-0.2, 0) is 4.79 Å². The minimum absolute atomic E-state index is 0.328. The fraction of sp³-hybridized carbons (Fsp3) is 0.364. The molecule has 0 unspecified atom stereocenters. The molecule has 0 radical (unpaired) electrons. The number of nitrogens with one attached hydrogen (secondary N) is 2. The summed E-state index contributed by atoms with van der Waals surface area (Å²) in [6.07, 6.45) is 3.48. The first-order valence-corrected chi connectivity index (χ1v) is 5.25. The Bertz CT molecular complexity index is 420. The maximum absolute atomic E-state index is 11.5. The number of amides is 2. The zero-order chi connectivity index (χ0) is 12.8. The second-order valence-electron chi connectivity index (χ2n) is 3.65. The third kappa shape index (κ3) is 4.10. The lowest BCUT2D eigenvalue weighted by atomic mass is 10.2. The van der Waals surface area contributed by atoms with Crippen molar-refractivity contribution in [3.8, 4) is 0 Å². The molecule has 6 nitrogen and oxygen atoms in total. The van der Waals surface area contributed by atoms with Gasteiger partial charge in [-0.05, 0) is 25.0 Å². The molecule has 1 aromatic rings. The van der Waals surface area contributed by atoms with Crippen LogP contribution in [0.25, 0.3) is 0 Å². The van der Waals surface area contributed by atoms with Crippen LogP contribution in [-0.4, -0.2) is 28.1 Å². The van der Waals surface area contributed by atoms with E-state index in [0.29, 0.717) is 12.1 Å². The van der Waals surface area contributed by atoms with Crippen LogP contribution in [0.1, 0.15) is 18.9 Å². The number of carbonyl (C=O) groups is 2. The monoisotopic (exact) mass is 237 g/mol. The maximum atomic E-state index is 11.5. The Hall–Kier alpha value is -2.11. The van der Waals surface area contributed by atoms with E-state index in [4.69, 9.17) is 5.11 Å². The zero-order valence-corrected chi connectivity index (χ0v) is 9.73. The molecular formula is C11H15N3O3. The summed E-state index contributed by atoms with van der Waals surface area (Å²) in [7, 11) is 0. The summed E-state index contributed by atoms with van der Waals surface area (Å²) in [6.45, 7) is 3.54. The van der Waals surface area contributed by atoms with E-state index in [1.807, 2.05) is 6.92 Å². The maximum Gasteiger partial charge on any atom is 0.326 e. The molecule has 92 valence electrons. The van der Waals surface area contributed by atoms with Gasteiger partial charge in [-0.15, -0.1) is 0 Å². The molecule has 0 aliphatic heterocycles. The lowest BCUT2D eigenvalue weighted by molar-refractivity contribution is -0.139. The number of aromatic nitrogens is 1. The number of anilines is 1. The Kier molecular flexibility index (Phi) is 4.45. The van der Waals surface area contributed by atoms with E-state index >= 15 is 0 Å². The summed E-state index contributed by atoms with van der Waals surface area (Å²) in [4.78, 5) is 26.1. The van der Waals surface area contributed by atoms with Gasteiger partial charge in [-0.2, -0.15) is 0 Å². The van der Waals surface area contributed by atoms with Crippen molar-refractivity contribution >= 4 is 17.7 Å². The molecule has 1 atom stereocenters. The van der Waals surface area contributed by atoms with E-state index in [0.717, 1.165) is 5.56 Å². The average Bonchev–Trinajstić information content (AvgIpc) is 2.25. The van der Waals surface area contributed by atoms with E-state index in [1.54, 1.807) is 19.2 Å². The number of hydrogen-bond donors (Lipinski definition) is 3. The number of carbonyl (C=O) groups excluding carboxylic acids is 1. The Morgan fingerprint density at radius 3 is 2.71 bits per heavy atom. The number of pyridine rings is 1. The van der Waals surface area contributed by atoms with Crippen LogP contribution in [0.4, 0.5) is 10.5 Å². The standard InChI is InChI=1S/C11H15N3O3/c1-3-9(10(15)16)14-11(17)13-8-4-7(2)5-12-6-8/h4-6,9H,3H2,1-2H3,(H,15,16)(H2,13,14,17)/t9-/m0/s1. The van der Waals surface area contributed by atoms with Gasteiger partial charge in [-0.3, -0.25) is 4.98 Å². The highest BCUT2D eigenvalue weighted by Gasteiger charge is 2.17. The Morgan fingerprint density at radius 2 is 2.18 bits per heavy atom. The van der Waals surface area contributed by atoms with Crippen LogP contribution >= 0.6 is 0 Å². The number of aliphatic carboxylic acids is 1. The molecule has 0 aromatic carbocycles. The quantitative estimate of drug-likeness (QED) is 0.737. The summed E-state index contributed by atoms with van der Waals surface area (Å²) in [5, 5.41) is 13.7. The van der Waals surface area contributed by atoms with E-state index < -0.39 is 18.0 Å². The fourth-order valence-electron chi connectivity index (χ4n) is 1.29. The number of hydrogen-bond acceptors (Lipinski definition) is 3.